The Hall–Kier alpha value is -0.120. The molecule has 4 aliphatic rings. The highest BCUT2D eigenvalue weighted by Gasteiger charge is 2.65. The lowest BCUT2D eigenvalue weighted by Crippen LogP contribution is -2.69. The van der Waals surface area contributed by atoms with Gasteiger partial charge in [-0.25, -0.2) is 0 Å². The zero-order chi connectivity index (χ0) is 18.7. The maximum absolute atomic E-state index is 6.13. The van der Waals surface area contributed by atoms with Crippen LogP contribution in [0.2, 0.25) is 0 Å². The maximum Gasteiger partial charge on any atom is 0.193 e. The topological polar surface area (TPSA) is 55.3 Å². The molecule has 0 amide bonds. The van der Waals surface area contributed by atoms with Gasteiger partial charge in [-0.05, 0) is 38.5 Å². The molecule has 0 aromatic heterocycles. The van der Waals surface area contributed by atoms with E-state index >= 15 is 0 Å². The number of methoxy groups -OCH3 is 1. The first-order chi connectivity index (χ1) is 13.3. The quantitative estimate of drug-likeness (QED) is 0.259. The molecule has 28 heavy (non-hydrogen) atoms. The summed E-state index contributed by atoms with van der Waals surface area (Å²) < 4.78 is 17.2. The Bertz CT molecular complexity index is 519. The number of ether oxygens (including phenoxy) is 3. The van der Waals surface area contributed by atoms with Crippen molar-refractivity contribution < 1.29 is 14.2 Å². The van der Waals surface area contributed by atoms with Gasteiger partial charge in [0.15, 0.2) is 5.96 Å². The van der Waals surface area contributed by atoms with Crippen LogP contribution in [0.4, 0.5) is 0 Å². The van der Waals surface area contributed by atoms with Gasteiger partial charge in [-0.3, -0.25) is 4.99 Å². The number of aliphatic imine (C=N–C) groups is 1. The Morgan fingerprint density at radius 1 is 1.18 bits per heavy atom. The van der Waals surface area contributed by atoms with Gasteiger partial charge in [0, 0.05) is 64.4 Å². The predicted octanol–water partition coefficient (Wildman–Crippen LogP) is 3.05. The minimum absolute atomic E-state index is 0. The molecule has 7 heteroatoms. The van der Waals surface area contributed by atoms with Crippen LogP contribution < -0.4 is 5.32 Å². The third-order valence-corrected chi connectivity index (χ3v) is 7.37. The zero-order valence-electron chi connectivity index (χ0n) is 17.5. The first-order valence-corrected chi connectivity index (χ1v) is 11.0. The molecule has 6 nitrogen and oxygen atoms in total. The summed E-state index contributed by atoms with van der Waals surface area (Å²) in [5, 5.41) is 3.89. The van der Waals surface area contributed by atoms with Gasteiger partial charge in [-0.1, -0.05) is 12.8 Å². The van der Waals surface area contributed by atoms with E-state index in [9.17, 15) is 0 Å². The molecular weight excluding hydrogens is 469 g/mol. The SMILES string of the molecule is CN=C(NC1C2CCOC2C12CCCC2)N1CCC(OCCCOC)CC1.I. The Labute approximate surface area is 187 Å². The second-order valence-electron chi connectivity index (χ2n) is 8.76. The number of nitrogens with zero attached hydrogens (tertiary/aromatic N) is 2. The van der Waals surface area contributed by atoms with E-state index < -0.39 is 0 Å². The smallest absolute Gasteiger partial charge is 0.193 e. The van der Waals surface area contributed by atoms with Gasteiger partial charge in [0.25, 0.3) is 0 Å². The Kier molecular flexibility index (Phi) is 8.27. The summed E-state index contributed by atoms with van der Waals surface area (Å²) in [6.07, 6.45) is 10.6. The lowest BCUT2D eigenvalue weighted by Gasteiger charge is -2.57. The summed E-state index contributed by atoms with van der Waals surface area (Å²) in [4.78, 5) is 7.08. The standard InChI is InChI=1S/C21H37N3O3.HI/c1-22-20(24-11-6-16(7-12-24)26-14-5-13-25-2)23-18-17-8-15-27-19(17)21(18)9-3-4-10-21;/h16-19H,3-15H2,1-2H3,(H,22,23);1H. The molecule has 2 aliphatic heterocycles. The van der Waals surface area contributed by atoms with Gasteiger partial charge in [0.05, 0.1) is 12.2 Å². The highest BCUT2D eigenvalue weighted by atomic mass is 127. The van der Waals surface area contributed by atoms with Gasteiger partial charge in [0.2, 0.25) is 0 Å². The number of fused-ring (bicyclic) bond motifs is 2. The van der Waals surface area contributed by atoms with Crippen molar-refractivity contribution in [1.82, 2.24) is 10.2 Å². The van der Waals surface area contributed by atoms with Gasteiger partial charge in [-0.15, -0.1) is 24.0 Å². The number of halogens is 1. The van der Waals surface area contributed by atoms with E-state index in [0.717, 1.165) is 58.1 Å². The van der Waals surface area contributed by atoms with Gasteiger partial charge >= 0.3 is 0 Å². The number of hydrogen-bond acceptors (Lipinski definition) is 4. The molecule has 1 spiro atoms. The van der Waals surface area contributed by atoms with Crippen LogP contribution in [-0.4, -0.2) is 76.2 Å². The van der Waals surface area contributed by atoms with E-state index in [4.69, 9.17) is 14.2 Å². The van der Waals surface area contributed by atoms with Crippen LogP contribution in [-0.2, 0) is 14.2 Å². The van der Waals surface area contributed by atoms with Crippen LogP contribution in [0.25, 0.3) is 0 Å². The molecule has 1 N–H and O–H groups in total. The van der Waals surface area contributed by atoms with Crippen molar-refractivity contribution in [3.05, 3.63) is 0 Å². The molecule has 4 rings (SSSR count). The lowest BCUT2D eigenvalue weighted by molar-refractivity contribution is -0.125. The first kappa shape index (κ1) is 22.6. The summed E-state index contributed by atoms with van der Waals surface area (Å²) in [6.45, 7) is 4.58. The Morgan fingerprint density at radius 3 is 2.61 bits per heavy atom. The molecule has 0 radical (unpaired) electrons. The number of hydrogen-bond donors (Lipinski definition) is 1. The Morgan fingerprint density at radius 2 is 1.93 bits per heavy atom. The van der Waals surface area contributed by atoms with Crippen molar-refractivity contribution in [1.29, 1.82) is 0 Å². The molecule has 0 aromatic rings. The van der Waals surface area contributed by atoms with Gasteiger partial charge in [0.1, 0.15) is 0 Å². The molecule has 2 heterocycles. The van der Waals surface area contributed by atoms with Crippen LogP contribution in [0.15, 0.2) is 4.99 Å². The minimum atomic E-state index is 0. The molecule has 0 aromatic carbocycles. The molecule has 2 saturated carbocycles. The average molecular weight is 507 g/mol. The molecule has 3 atom stereocenters. The highest BCUT2D eigenvalue weighted by molar-refractivity contribution is 14.0. The number of rotatable bonds is 6. The second kappa shape index (κ2) is 10.3. The highest BCUT2D eigenvalue weighted by Crippen LogP contribution is 2.60. The van der Waals surface area contributed by atoms with Crippen molar-refractivity contribution >= 4 is 29.9 Å². The van der Waals surface area contributed by atoms with E-state index in [2.05, 4.69) is 15.2 Å². The molecule has 2 aliphatic carbocycles. The lowest BCUT2D eigenvalue weighted by atomic mass is 9.54. The molecule has 0 bridgehead atoms. The van der Waals surface area contributed by atoms with E-state index in [-0.39, 0.29) is 24.0 Å². The summed E-state index contributed by atoms with van der Waals surface area (Å²) >= 11 is 0. The second-order valence-corrected chi connectivity index (χ2v) is 8.76. The van der Waals surface area contributed by atoms with Crippen LogP contribution in [0.3, 0.4) is 0 Å². The van der Waals surface area contributed by atoms with Gasteiger partial charge < -0.3 is 24.4 Å². The monoisotopic (exact) mass is 507 g/mol. The first-order valence-electron chi connectivity index (χ1n) is 11.0. The van der Waals surface area contributed by atoms with E-state index in [1.165, 1.54) is 32.1 Å². The largest absolute Gasteiger partial charge is 0.385 e. The van der Waals surface area contributed by atoms with Crippen LogP contribution in [0.1, 0.15) is 51.4 Å². The zero-order valence-corrected chi connectivity index (χ0v) is 19.9. The van der Waals surface area contributed by atoms with Crippen LogP contribution in [0, 0.1) is 11.3 Å². The van der Waals surface area contributed by atoms with Crippen LogP contribution >= 0.6 is 24.0 Å². The van der Waals surface area contributed by atoms with Crippen LogP contribution in [0.5, 0.6) is 0 Å². The number of nitrogens with one attached hydrogen (secondary N) is 1. The fraction of sp³-hybridized carbons (Fsp3) is 0.952. The van der Waals surface area contributed by atoms with Crippen molar-refractivity contribution in [2.24, 2.45) is 16.3 Å². The maximum atomic E-state index is 6.13. The molecule has 2 saturated heterocycles. The van der Waals surface area contributed by atoms with Crippen molar-refractivity contribution in [3.63, 3.8) is 0 Å². The fourth-order valence-electron chi connectivity index (χ4n) is 6.03. The predicted molar refractivity (Wildman–Crippen MR) is 121 cm³/mol. The van der Waals surface area contributed by atoms with Crippen molar-refractivity contribution in [3.8, 4) is 0 Å². The minimum Gasteiger partial charge on any atom is -0.385 e. The van der Waals surface area contributed by atoms with E-state index in [1.54, 1.807) is 7.11 Å². The summed E-state index contributed by atoms with van der Waals surface area (Å²) in [5.41, 5.74) is 0.375. The molecule has 162 valence electrons. The summed E-state index contributed by atoms with van der Waals surface area (Å²) in [7, 11) is 3.67. The summed E-state index contributed by atoms with van der Waals surface area (Å²) in [5.74, 6) is 1.77. The molecular formula is C21H38IN3O3. The normalized spacial score (nSPS) is 32.1. The van der Waals surface area contributed by atoms with E-state index in [0.29, 0.717) is 29.6 Å². The van der Waals surface area contributed by atoms with E-state index in [1.807, 2.05) is 7.05 Å². The molecule has 3 unspecified atom stereocenters. The number of guanidine groups is 1. The Balaban J connectivity index is 0.00000225. The molecule has 4 fully saturated rings. The summed E-state index contributed by atoms with van der Waals surface area (Å²) in [6, 6.07) is 0.550. The van der Waals surface area contributed by atoms with Crippen molar-refractivity contribution in [2.75, 3.05) is 47.1 Å². The fourth-order valence-corrected chi connectivity index (χ4v) is 6.03. The third kappa shape index (κ3) is 4.32. The van der Waals surface area contributed by atoms with Gasteiger partial charge in [-0.2, -0.15) is 0 Å². The average Bonchev–Trinajstić information content (AvgIpc) is 3.36. The number of piperidine rings is 1. The third-order valence-electron chi connectivity index (χ3n) is 7.37. The van der Waals surface area contributed by atoms with Crippen molar-refractivity contribution in [2.45, 2.75) is 69.6 Å². The number of likely N-dealkylation sites (tertiary alicyclic amines) is 1.